The summed E-state index contributed by atoms with van der Waals surface area (Å²) in [6.07, 6.45) is -4.59. The third-order valence-electron chi connectivity index (χ3n) is 4.06. The van der Waals surface area contributed by atoms with Gasteiger partial charge in [0.05, 0.1) is 17.1 Å². The van der Waals surface area contributed by atoms with E-state index in [1.165, 1.54) is 6.07 Å². The van der Waals surface area contributed by atoms with Gasteiger partial charge in [-0.3, -0.25) is 9.69 Å². The number of fused-ring (bicyclic) bond motifs is 1. The maximum absolute atomic E-state index is 12.9. The van der Waals surface area contributed by atoms with E-state index in [1.807, 2.05) is 18.2 Å². The molecule has 5 nitrogen and oxygen atoms in total. The van der Waals surface area contributed by atoms with Crippen LogP contribution in [0.15, 0.2) is 36.4 Å². The number of anilines is 1. The molecule has 0 saturated carbocycles. The monoisotopic (exact) mass is 414 g/mol. The Labute approximate surface area is 165 Å². The van der Waals surface area contributed by atoms with Gasteiger partial charge in [0.2, 0.25) is 5.91 Å². The number of hydrogen-bond donors (Lipinski definition) is 1. The zero-order valence-electron chi connectivity index (χ0n) is 15.0. The van der Waals surface area contributed by atoms with Crippen LogP contribution >= 0.6 is 11.6 Å². The predicted molar refractivity (Wildman–Crippen MR) is 98.8 cm³/mol. The number of nitrogens with zero attached hydrogens (tertiary/aromatic N) is 1. The number of carbonyl (C=O) groups excluding carboxylic acids is 1. The molecule has 1 heterocycles. The number of alkyl halides is 3. The first-order valence-corrected chi connectivity index (χ1v) is 8.84. The standard InChI is InChI=1S/C19H18ClF3N2O3/c1-25(10-12-3-2-4-16-18(12)28-8-7-27-16)11-17(26)24-13-5-6-15(20)14(9-13)19(21,22)23/h2-6,9H,7-8,10-11H2,1H3,(H,24,26). The molecule has 0 fully saturated rings. The van der Waals surface area contributed by atoms with Crippen molar-refractivity contribution < 1.29 is 27.4 Å². The van der Waals surface area contributed by atoms with Crippen LogP contribution in [-0.2, 0) is 17.5 Å². The van der Waals surface area contributed by atoms with Crippen LogP contribution in [0, 0.1) is 0 Å². The summed E-state index contributed by atoms with van der Waals surface area (Å²) in [7, 11) is 1.73. The summed E-state index contributed by atoms with van der Waals surface area (Å²) in [6, 6.07) is 8.77. The lowest BCUT2D eigenvalue weighted by atomic mass is 10.1. The van der Waals surface area contributed by atoms with Crippen molar-refractivity contribution in [1.82, 2.24) is 4.90 Å². The molecule has 0 spiro atoms. The second-order valence-corrected chi connectivity index (χ2v) is 6.76. The minimum atomic E-state index is -4.59. The first kappa shape index (κ1) is 20.3. The molecule has 3 rings (SSSR count). The van der Waals surface area contributed by atoms with Crippen LogP contribution in [-0.4, -0.2) is 37.6 Å². The molecule has 0 saturated heterocycles. The van der Waals surface area contributed by atoms with E-state index in [0.29, 0.717) is 31.3 Å². The Hall–Kier alpha value is -2.45. The van der Waals surface area contributed by atoms with Crippen LogP contribution in [0.3, 0.4) is 0 Å². The molecule has 0 aliphatic carbocycles. The lowest BCUT2D eigenvalue weighted by molar-refractivity contribution is -0.137. The van der Waals surface area contributed by atoms with Crippen LogP contribution in [0.2, 0.25) is 5.02 Å². The summed E-state index contributed by atoms with van der Waals surface area (Å²) >= 11 is 5.59. The number of amides is 1. The minimum Gasteiger partial charge on any atom is -0.486 e. The quantitative estimate of drug-likeness (QED) is 0.796. The van der Waals surface area contributed by atoms with E-state index in [-0.39, 0.29) is 12.2 Å². The van der Waals surface area contributed by atoms with Gasteiger partial charge >= 0.3 is 6.18 Å². The summed E-state index contributed by atoms with van der Waals surface area (Å²) in [5, 5.41) is 2.05. The smallest absolute Gasteiger partial charge is 0.417 e. The van der Waals surface area contributed by atoms with Crippen LogP contribution in [0.1, 0.15) is 11.1 Å². The van der Waals surface area contributed by atoms with Gasteiger partial charge < -0.3 is 14.8 Å². The molecule has 0 radical (unpaired) electrons. The average molecular weight is 415 g/mol. The average Bonchev–Trinajstić information content (AvgIpc) is 2.62. The van der Waals surface area contributed by atoms with E-state index < -0.39 is 22.7 Å². The topological polar surface area (TPSA) is 50.8 Å². The zero-order chi connectivity index (χ0) is 20.3. The van der Waals surface area contributed by atoms with Crippen LogP contribution in [0.4, 0.5) is 18.9 Å². The number of likely N-dealkylation sites (N-methyl/N-ethyl adjacent to an activating group) is 1. The van der Waals surface area contributed by atoms with Crippen LogP contribution in [0.25, 0.3) is 0 Å². The number of hydrogen-bond acceptors (Lipinski definition) is 4. The third-order valence-corrected chi connectivity index (χ3v) is 4.39. The number of benzene rings is 2. The van der Waals surface area contributed by atoms with Crippen molar-refractivity contribution >= 4 is 23.2 Å². The Balaban J connectivity index is 1.63. The highest BCUT2D eigenvalue weighted by atomic mass is 35.5. The summed E-state index contributed by atoms with van der Waals surface area (Å²) in [5.41, 5.74) is -0.101. The number of nitrogens with one attached hydrogen (secondary N) is 1. The highest BCUT2D eigenvalue weighted by Crippen LogP contribution is 2.36. The van der Waals surface area contributed by atoms with Gasteiger partial charge in [0.1, 0.15) is 13.2 Å². The molecular formula is C19H18ClF3N2O3. The summed E-state index contributed by atoms with van der Waals surface area (Å²) in [4.78, 5) is 14.0. The first-order valence-electron chi connectivity index (χ1n) is 8.46. The minimum absolute atomic E-state index is 0.0193. The molecule has 150 valence electrons. The van der Waals surface area contributed by atoms with E-state index in [4.69, 9.17) is 21.1 Å². The van der Waals surface area contributed by atoms with Crippen LogP contribution < -0.4 is 14.8 Å². The Kier molecular flexibility index (Phi) is 6.00. The first-order chi connectivity index (χ1) is 13.2. The van der Waals surface area contributed by atoms with Crippen molar-refractivity contribution in [3.05, 3.63) is 52.5 Å². The molecule has 28 heavy (non-hydrogen) atoms. The molecule has 1 N–H and O–H groups in total. The van der Waals surface area contributed by atoms with Crippen molar-refractivity contribution in [2.75, 3.05) is 32.1 Å². The Morgan fingerprint density at radius 1 is 1.21 bits per heavy atom. The van der Waals surface area contributed by atoms with Gasteiger partial charge in [-0.1, -0.05) is 23.7 Å². The van der Waals surface area contributed by atoms with Crippen molar-refractivity contribution in [1.29, 1.82) is 0 Å². The van der Waals surface area contributed by atoms with Gasteiger partial charge in [-0.2, -0.15) is 13.2 Å². The van der Waals surface area contributed by atoms with Gasteiger partial charge in [0.15, 0.2) is 11.5 Å². The number of rotatable bonds is 5. The van der Waals surface area contributed by atoms with Crippen molar-refractivity contribution in [2.24, 2.45) is 0 Å². The lowest BCUT2D eigenvalue weighted by Gasteiger charge is -2.23. The summed E-state index contributed by atoms with van der Waals surface area (Å²) in [6.45, 7) is 1.32. The molecule has 1 aliphatic rings. The fourth-order valence-electron chi connectivity index (χ4n) is 2.87. The molecular weight excluding hydrogens is 397 g/mol. The van der Waals surface area contributed by atoms with Gasteiger partial charge in [0.25, 0.3) is 0 Å². The maximum atomic E-state index is 12.9. The Morgan fingerprint density at radius 3 is 2.71 bits per heavy atom. The predicted octanol–water partition coefficient (Wildman–Crippen LogP) is 4.20. The fraction of sp³-hybridized carbons (Fsp3) is 0.316. The largest absolute Gasteiger partial charge is 0.486 e. The Bertz CT molecular complexity index is 874. The van der Waals surface area contributed by atoms with Gasteiger partial charge in [-0.15, -0.1) is 0 Å². The second kappa shape index (κ2) is 8.28. The number of ether oxygens (including phenoxy) is 2. The molecule has 0 bridgehead atoms. The summed E-state index contributed by atoms with van der Waals surface area (Å²) in [5.74, 6) is 0.857. The SMILES string of the molecule is CN(CC(=O)Nc1ccc(Cl)c(C(F)(F)F)c1)Cc1cccc2c1OCCO2. The highest BCUT2D eigenvalue weighted by Gasteiger charge is 2.33. The van der Waals surface area contributed by atoms with E-state index >= 15 is 0 Å². The molecule has 0 atom stereocenters. The number of halogens is 4. The van der Waals surface area contributed by atoms with Gasteiger partial charge in [-0.05, 0) is 31.3 Å². The van der Waals surface area contributed by atoms with Gasteiger partial charge in [-0.25, -0.2) is 0 Å². The van der Waals surface area contributed by atoms with Crippen molar-refractivity contribution in [3.63, 3.8) is 0 Å². The number of carbonyl (C=O) groups is 1. The molecule has 0 unspecified atom stereocenters. The molecule has 2 aromatic carbocycles. The summed E-state index contributed by atoms with van der Waals surface area (Å²) < 4.78 is 50.0. The van der Waals surface area contributed by atoms with E-state index in [9.17, 15) is 18.0 Å². The zero-order valence-corrected chi connectivity index (χ0v) is 15.7. The second-order valence-electron chi connectivity index (χ2n) is 6.35. The normalized spacial score (nSPS) is 13.5. The molecule has 2 aromatic rings. The third kappa shape index (κ3) is 4.88. The lowest BCUT2D eigenvalue weighted by Crippen LogP contribution is -2.30. The molecule has 1 aliphatic heterocycles. The fourth-order valence-corrected chi connectivity index (χ4v) is 3.10. The van der Waals surface area contributed by atoms with E-state index in [1.54, 1.807) is 11.9 Å². The molecule has 0 aromatic heterocycles. The molecule has 1 amide bonds. The Morgan fingerprint density at radius 2 is 1.96 bits per heavy atom. The molecule has 9 heteroatoms. The maximum Gasteiger partial charge on any atom is 0.417 e. The van der Waals surface area contributed by atoms with E-state index in [0.717, 1.165) is 17.7 Å². The van der Waals surface area contributed by atoms with Gasteiger partial charge in [0, 0.05) is 17.8 Å². The number of para-hydroxylation sites is 1. The highest BCUT2D eigenvalue weighted by molar-refractivity contribution is 6.31. The van der Waals surface area contributed by atoms with Crippen LogP contribution in [0.5, 0.6) is 11.5 Å². The van der Waals surface area contributed by atoms with Crippen molar-refractivity contribution in [3.8, 4) is 11.5 Å². The van der Waals surface area contributed by atoms with Crippen molar-refractivity contribution in [2.45, 2.75) is 12.7 Å². The van der Waals surface area contributed by atoms with E-state index in [2.05, 4.69) is 5.32 Å².